The fourth-order valence-electron chi connectivity index (χ4n) is 3.10. The number of aryl methyl sites for hydroxylation is 1. The van der Waals surface area contributed by atoms with E-state index >= 15 is 0 Å². The SMILES string of the molecule is Cc1ccc(N2CCC(OC(=O)Nc3ccc(O[Si](C)(C)C(C)(C)C)cn3)CC2)nc1. The third-order valence-corrected chi connectivity index (χ3v) is 10.4. The van der Waals surface area contributed by atoms with Crippen LogP contribution in [0.25, 0.3) is 0 Å². The molecule has 1 aliphatic rings. The average Bonchev–Trinajstić information content (AvgIpc) is 2.70. The molecular weight excluding hydrogens is 408 g/mol. The van der Waals surface area contributed by atoms with Gasteiger partial charge in [0.15, 0.2) is 0 Å². The maximum atomic E-state index is 12.3. The molecule has 0 unspecified atom stereocenters. The summed E-state index contributed by atoms with van der Waals surface area (Å²) in [5, 5.41) is 2.83. The standard InChI is InChI=1S/C23H34N4O3Si/c1-17-7-10-21(25-15-17)27-13-11-18(12-14-27)29-22(28)26-20-9-8-19(16-24-20)30-31(5,6)23(2,3)4/h7-10,15-16,18H,11-14H2,1-6H3,(H,24,26,28). The topological polar surface area (TPSA) is 76.6 Å². The van der Waals surface area contributed by atoms with Gasteiger partial charge in [-0.2, -0.15) is 0 Å². The molecule has 0 aliphatic carbocycles. The first-order valence-corrected chi connectivity index (χ1v) is 13.7. The minimum absolute atomic E-state index is 0.108. The molecule has 3 rings (SSSR count). The number of carbonyl (C=O) groups excluding carboxylic acids is 1. The number of hydrogen-bond donors (Lipinski definition) is 1. The molecule has 31 heavy (non-hydrogen) atoms. The Kier molecular flexibility index (Phi) is 6.89. The summed E-state index contributed by atoms with van der Waals surface area (Å²) in [5.74, 6) is 2.15. The smallest absolute Gasteiger partial charge is 0.413 e. The maximum Gasteiger partial charge on any atom is 0.413 e. The number of amides is 1. The third-order valence-electron chi connectivity index (χ3n) is 6.08. The molecule has 3 heterocycles. The summed E-state index contributed by atoms with van der Waals surface area (Å²) in [5.41, 5.74) is 1.15. The van der Waals surface area contributed by atoms with Gasteiger partial charge < -0.3 is 14.1 Å². The minimum atomic E-state index is -1.92. The molecule has 0 aromatic carbocycles. The highest BCUT2D eigenvalue weighted by atomic mass is 28.4. The number of nitrogens with one attached hydrogen (secondary N) is 1. The fourth-order valence-corrected chi connectivity index (χ4v) is 4.11. The van der Waals surface area contributed by atoms with Gasteiger partial charge in [-0.15, -0.1) is 0 Å². The van der Waals surface area contributed by atoms with Crippen molar-refractivity contribution in [2.24, 2.45) is 0 Å². The summed E-state index contributed by atoms with van der Waals surface area (Å²) in [6.07, 6.45) is 4.50. The van der Waals surface area contributed by atoms with Gasteiger partial charge >= 0.3 is 6.09 Å². The van der Waals surface area contributed by atoms with Crippen molar-refractivity contribution in [1.82, 2.24) is 9.97 Å². The minimum Gasteiger partial charge on any atom is -0.542 e. The third kappa shape index (κ3) is 6.19. The average molecular weight is 443 g/mol. The lowest BCUT2D eigenvalue weighted by Gasteiger charge is -2.36. The molecule has 1 aliphatic heterocycles. The number of piperidine rings is 1. The highest BCUT2D eigenvalue weighted by molar-refractivity contribution is 6.74. The zero-order valence-electron chi connectivity index (χ0n) is 19.4. The number of rotatable bonds is 5. The van der Waals surface area contributed by atoms with Gasteiger partial charge in [-0.1, -0.05) is 26.8 Å². The second kappa shape index (κ2) is 9.26. The molecule has 0 atom stereocenters. The molecule has 1 amide bonds. The number of hydrogen-bond acceptors (Lipinski definition) is 6. The van der Waals surface area contributed by atoms with Gasteiger partial charge in [0.25, 0.3) is 8.32 Å². The molecule has 0 spiro atoms. The van der Waals surface area contributed by atoms with E-state index in [0.29, 0.717) is 5.82 Å². The van der Waals surface area contributed by atoms with E-state index in [1.54, 1.807) is 12.3 Å². The van der Waals surface area contributed by atoms with Crippen LogP contribution in [-0.4, -0.2) is 43.6 Å². The van der Waals surface area contributed by atoms with E-state index in [2.05, 4.69) is 60.1 Å². The van der Waals surface area contributed by atoms with Crippen molar-refractivity contribution in [3.8, 4) is 5.75 Å². The van der Waals surface area contributed by atoms with Crippen molar-refractivity contribution in [3.05, 3.63) is 42.2 Å². The van der Waals surface area contributed by atoms with E-state index in [4.69, 9.17) is 9.16 Å². The first kappa shape index (κ1) is 23.1. The van der Waals surface area contributed by atoms with E-state index in [0.717, 1.165) is 43.1 Å². The van der Waals surface area contributed by atoms with E-state index in [-0.39, 0.29) is 11.1 Å². The quantitative estimate of drug-likeness (QED) is 0.626. The summed E-state index contributed by atoms with van der Waals surface area (Å²) in [7, 11) is -1.92. The van der Waals surface area contributed by atoms with Crippen LogP contribution in [0.15, 0.2) is 36.7 Å². The molecule has 168 valence electrons. The zero-order chi connectivity index (χ0) is 22.6. The van der Waals surface area contributed by atoms with Crippen LogP contribution in [0.4, 0.5) is 16.4 Å². The van der Waals surface area contributed by atoms with Crippen molar-refractivity contribution < 1.29 is 14.0 Å². The highest BCUT2D eigenvalue weighted by Gasteiger charge is 2.39. The Morgan fingerprint density at radius 3 is 2.35 bits per heavy atom. The second-order valence-corrected chi connectivity index (χ2v) is 14.4. The summed E-state index contributed by atoms with van der Waals surface area (Å²) >= 11 is 0. The summed E-state index contributed by atoms with van der Waals surface area (Å²) < 4.78 is 11.8. The van der Waals surface area contributed by atoms with Crippen molar-refractivity contribution in [2.45, 2.75) is 64.8 Å². The number of ether oxygens (including phenoxy) is 1. The Morgan fingerprint density at radius 1 is 1.10 bits per heavy atom. The second-order valence-electron chi connectivity index (χ2n) is 9.65. The van der Waals surface area contributed by atoms with Crippen molar-refractivity contribution in [1.29, 1.82) is 0 Å². The summed E-state index contributed by atoms with van der Waals surface area (Å²) in [6, 6.07) is 7.69. The lowest BCUT2D eigenvalue weighted by molar-refractivity contribution is 0.0949. The number of nitrogens with zero attached hydrogens (tertiary/aromatic N) is 3. The van der Waals surface area contributed by atoms with E-state index in [1.807, 2.05) is 25.3 Å². The van der Waals surface area contributed by atoms with Gasteiger partial charge in [-0.05, 0) is 48.8 Å². The Morgan fingerprint density at radius 2 is 1.81 bits per heavy atom. The normalized spacial score (nSPS) is 15.5. The Balaban J connectivity index is 1.46. The molecule has 1 N–H and O–H groups in total. The predicted octanol–water partition coefficient (Wildman–Crippen LogP) is 5.39. The maximum absolute atomic E-state index is 12.3. The Hall–Kier alpha value is -2.61. The lowest BCUT2D eigenvalue weighted by atomic mass is 10.1. The molecule has 2 aromatic heterocycles. The van der Waals surface area contributed by atoms with Gasteiger partial charge in [-0.25, -0.2) is 14.8 Å². The molecule has 0 saturated carbocycles. The van der Waals surface area contributed by atoms with E-state index in [9.17, 15) is 4.79 Å². The number of carbonyl (C=O) groups is 1. The fraction of sp³-hybridized carbons (Fsp3) is 0.522. The molecular formula is C23H34N4O3Si. The Labute approximate surface area is 186 Å². The molecule has 7 nitrogen and oxygen atoms in total. The van der Waals surface area contributed by atoms with Gasteiger partial charge in [-0.3, -0.25) is 5.32 Å². The van der Waals surface area contributed by atoms with Crippen molar-refractivity contribution in [2.75, 3.05) is 23.3 Å². The molecule has 1 fully saturated rings. The van der Waals surface area contributed by atoms with Crippen molar-refractivity contribution >= 4 is 26.0 Å². The van der Waals surface area contributed by atoms with Crippen LogP contribution in [0.3, 0.4) is 0 Å². The van der Waals surface area contributed by atoms with Crippen LogP contribution < -0.4 is 14.6 Å². The van der Waals surface area contributed by atoms with Gasteiger partial charge in [0.1, 0.15) is 23.5 Å². The molecule has 8 heteroatoms. The van der Waals surface area contributed by atoms with Crippen LogP contribution >= 0.6 is 0 Å². The number of anilines is 2. The Bertz CT molecular complexity index is 871. The number of pyridine rings is 2. The molecule has 0 radical (unpaired) electrons. The largest absolute Gasteiger partial charge is 0.542 e. The molecule has 0 bridgehead atoms. The van der Waals surface area contributed by atoms with Crippen LogP contribution in [0, 0.1) is 6.92 Å². The molecule has 1 saturated heterocycles. The van der Waals surface area contributed by atoms with Crippen LogP contribution in [-0.2, 0) is 4.74 Å². The monoisotopic (exact) mass is 442 g/mol. The van der Waals surface area contributed by atoms with Gasteiger partial charge in [0.2, 0.25) is 0 Å². The van der Waals surface area contributed by atoms with Crippen LogP contribution in [0.2, 0.25) is 18.1 Å². The first-order chi connectivity index (χ1) is 14.5. The van der Waals surface area contributed by atoms with Crippen molar-refractivity contribution in [3.63, 3.8) is 0 Å². The van der Waals surface area contributed by atoms with E-state index < -0.39 is 14.4 Å². The van der Waals surface area contributed by atoms with Gasteiger partial charge in [0, 0.05) is 32.1 Å². The number of aromatic nitrogens is 2. The first-order valence-electron chi connectivity index (χ1n) is 10.8. The lowest BCUT2D eigenvalue weighted by Crippen LogP contribution is -2.43. The van der Waals surface area contributed by atoms with E-state index in [1.165, 1.54) is 0 Å². The summed E-state index contributed by atoms with van der Waals surface area (Å²) in [6.45, 7) is 14.6. The zero-order valence-corrected chi connectivity index (χ0v) is 20.4. The highest BCUT2D eigenvalue weighted by Crippen LogP contribution is 2.37. The summed E-state index contributed by atoms with van der Waals surface area (Å²) in [4.78, 5) is 23.3. The predicted molar refractivity (Wildman–Crippen MR) is 126 cm³/mol. The van der Waals surface area contributed by atoms with Gasteiger partial charge in [0.05, 0.1) is 6.20 Å². The molecule has 2 aromatic rings. The van der Waals surface area contributed by atoms with Crippen LogP contribution in [0.1, 0.15) is 39.2 Å². The van der Waals surface area contributed by atoms with Crippen LogP contribution in [0.5, 0.6) is 5.75 Å².